The van der Waals surface area contributed by atoms with E-state index in [1.807, 2.05) is 6.92 Å². The van der Waals surface area contributed by atoms with Crippen molar-refractivity contribution in [3.8, 4) is 0 Å². The van der Waals surface area contributed by atoms with Crippen molar-refractivity contribution in [3.63, 3.8) is 0 Å². The molecule has 0 fully saturated rings. The van der Waals surface area contributed by atoms with Crippen LogP contribution in [0, 0.1) is 11.6 Å². The maximum absolute atomic E-state index is 13.5. The van der Waals surface area contributed by atoms with Crippen LogP contribution in [0.25, 0.3) is 0 Å². The van der Waals surface area contributed by atoms with Crippen LogP contribution in [0.5, 0.6) is 0 Å². The minimum absolute atomic E-state index is 0.156. The molecule has 4 heteroatoms. The van der Waals surface area contributed by atoms with Crippen LogP contribution >= 0.6 is 11.6 Å². The molecule has 0 aromatic heterocycles. The van der Waals surface area contributed by atoms with Gasteiger partial charge in [0.25, 0.3) is 0 Å². The minimum atomic E-state index is -0.649. The van der Waals surface area contributed by atoms with Crippen molar-refractivity contribution in [3.05, 3.63) is 46.5 Å². The van der Waals surface area contributed by atoms with Gasteiger partial charge in [0.05, 0.1) is 5.02 Å². The summed E-state index contributed by atoms with van der Waals surface area (Å²) in [6.07, 6.45) is 1.22. The first-order valence-electron chi connectivity index (χ1n) is 4.96. The second-order valence-electron chi connectivity index (χ2n) is 3.89. The van der Waals surface area contributed by atoms with E-state index >= 15 is 0 Å². The summed E-state index contributed by atoms with van der Waals surface area (Å²) in [4.78, 5) is 0. The van der Waals surface area contributed by atoms with Crippen molar-refractivity contribution in [2.45, 2.75) is 25.8 Å². The molecule has 1 unspecified atom stereocenters. The Morgan fingerprint density at radius 3 is 2.62 bits per heavy atom. The molecule has 1 aromatic rings. The molecule has 0 heterocycles. The van der Waals surface area contributed by atoms with Gasteiger partial charge in [-0.05, 0) is 31.9 Å². The Labute approximate surface area is 98.9 Å². The smallest absolute Gasteiger partial charge is 0.142 e. The van der Waals surface area contributed by atoms with E-state index < -0.39 is 17.7 Å². The number of hydrogen-bond acceptors (Lipinski definition) is 1. The molecule has 0 amide bonds. The SMILES string of the molecule is C=C(C)CCC(N)c1cc(F)c(Cl)cc1F. The Morgan fingerprint density at radius 1 is 1.44 bits per heavy atom. The molecule has 88 valence electrons. The molecule has 0 saturated carbocycles. The molecular weight excluding hydrogens is 232 g/mol. The van der Waals surface area contributed by atoms with E-state index in [0.717, 1.165) is 17.7 Å². The van der Waals surface area contributed by atoms with Crippen LogP contribution in [0.15, 0.2) is 24.3 Å². The molecule has 1 rings (SSSR count). The van der Waals surface area contributed by atoms with E-state index in [9.17, 15) is 8.78 Å². The lowest BCUT2D eigenvalue weighted by Crippen LogP contribution is -2.12. The number of nitrogens with two attached hydrogens (primary N) is 1. The number of hydrogen-bond donors (Lipinski definition) is 1. The van der Waals surface area contributed by atoms with Crippen molar-refractivity contribution >= 4 is 11.6 Å². The van der Waals surface area contributed by atoms with E-state index in [1.165, 1.54) is 0 Å². The largest absolute Gasteiger partial charge is 0.324 e. The molecule has 1 aromatic carbocycles. The molecule has 0 aliphatic heterocycles. The van der Waals surface area contributed by atoms with Gasteiger partial charge < -0.3 is 5.73 Å². The quantitative estimate of drug-likeness (QED) is 0.630. The molecule has 0 saturated heterocycles. The highest BCUT2D eigenvalue weighted by Crippen LogP contribution is 2.25. The third kappa shape index (κ3) is 3.29. The van der Waals surface area contributed by atoms with Crippen LogP contribution in [0.1, 0.15) is 31.4 Å². The van der Waals surface area contributed by atoms with Crippen molar-refractivity contribution in [1.29, 1.82) is 0 Å². The topological polar surface area (TPSA) is 26.0 Å². The lowest BCUT2D eigenvalue weighted by Gasteiger charge is -2.13. The van der Waals surface area contributed by atoms with Crippen LogP contribution in [-0.2, 0) is 0 Å². The summed E-state index contributed by atoms with van der Waals surface area (Å²) in [6.45, 7) is 5.60. The summed E-state index contributed by atoms with van der Waals surface area (Å²) in [6, 6.07) is 1.47. The maximum atomic E-state index is 13.5. The van der Waals surface area contributed by atoms with Crippen molar-refractivity contribution in [2.75, 3.05) is 0 Å². The fraction of sp³-hybridized carbons (Fsp3) is 0.333. The van der Waals surface area contributed by atoms with Crippen LogP contribution in [0.3, 0.4) is 0 Å². The van der Waals surface area contributed by atoms with Crippen LogP contribution in [0.4, 0.5) is 8.78 Å². The Morgan fingerprint density at radius 2 is 2.06 bits per heavy atom. The van der Waals surface area contributed by atoms with Gasteiger partial charge in [-0.1, -0.05) is 17.2 Å². The van der Waals surface area contributed by atoms with Gasteiger partial charge in [-0.3, -0.25) is 0 Å². The van der Waals surface area contributed by atoms with Gasteiger partial charge in [-0.2, -0.15) is 0 Å². The summed E-state index contributed by atoms with van der Waals surface area (Å²) in [5, 5.41) is -0.228. The molecule has 1 atom stereocenters. The highest BCUT2D eigenvalue weighted by Gasteiger charge is 2.14. The fourth-order valence-electron chi connectivity index (χ4n) is 1.38. The lowest BCUT2D eigenvalue weighted by molar-refractivity contribution is 0.548. The molecule has 0 radical (unpaired) electrons. The van der Waals surface area contributed by atoms with Gasteiger partial charge in [0.1, 0.15) is 11.6 Å². The summed E-state index contributed by atoms with van der Waals surface area (Å²) in [7, 11) is 0. The third-order valence-corrected chi connectivity index (χ3v) is 2.61. The van der Waals surface area contributed by atoms with Gasteiger partial charge in [0.2, 0.25) is 0 Å². The second-order valence-corrected chi connectivity index (χ2v) is 4.30. The van der Waals surface area contributed by atoms with Gasteiger partial charge in [0, 0.05) is 11.6 Å². The fourth-order valence-corrected chi connectivity index (χ4v) is 1.53. The number of allylic oxidation sites excluding steroid dienone is 1. The monoisotopic (exact) mass is 245 g/mol. The first-order valence-corrected chi connectivity index (χ1v) is 5.34. The van der Waals surface area contributed by atoms with E-state index in [2.05, 4.69) is 6.58 Å². The average Bonchev–Trinajstić information content (AvgIpc) is 2.20. The van der Waals surface area contributed by atoms with Crippen molar-refractivity contribution < 1.29 is 8.78 Å². The van der Waals surface area contributed by atoms with Crippen LogP contribution in [0.2, 0.25) is 5.02 Å². The van der Waals surface area contributed by atoms with Crippen LogP contribution in [-0.4, -0.2) is 0 Å². The van der Waals surface area contributed by atoms with Gasteiger partial charge in [0.15, 0.2) is 0 Å². The first-order chi connectivity index (χ1) is 7.41. The molecule has 0 aliphatic carbocycles. The first kappa shape index (κ1) is 13.1. The molecule has 1 nitrogen and oxygen atoms in total. The highest BCUT2D eigenvalue weighted by atomic mass is 35.5. The standard InChI is InChI=1S/C12H14ClF2N/c1-7(2)3-4-12(16)8-5-11(15)9(13)6-10(8)14/h5-6,12H,1,3-4,16H2,2H3. The lowest BCUT2D eigenvalue weighted by atomic mass is 10.0. The zero-order valence-corrected chi connectivity index (χ0v) is 9.82. The maximum Gasteiger partial charge on any atom is 0.142 e. The van der Waals surface area contributed by atoms with E-state index in [0.29, 0.717) is 12.8 Å². The normalized spacial score (nSPS) is 12.6. The number of halogens is 3. The number of benzene rings is 1. The Balaban J connectivity index is 2.86. The Bertz CT molecular complexity index is 404. The molecule has 16 heavy (non-hydrogen) atoms. The van der Waals surface area contributed by atoms with E-state index in [1.54, 1.807) is 0 Å². The molecule has 0 bridgehead atoms. The van der Waals surface area contributed by atoms with Gasteiger partial charge in [-0.15, -0.1) is 6.58 Å². The predicted octanol–water partition coefficient (Wildman–Crippen LogP) is 3.97. The summed E-state index contributed by atoms with van der Waals surface area (Å²) in [5.74, 6) is -1.22. The molecule has 0 aliphatic rings. The van der Waals surface area contributed by atoms with Gasteiger partial charge in [-0.25, -0.2) is 8.78 Å². The molecule has 2 N–H and O–H groups in total. The van der Waals surface area contributed by atoms with Crippen LogP contribution < -0.4 is 5.73 Å². The predicted molar refractivity (Wildman–Crippen MR) is 62.3 cm³/mol. The second kappa shape index (κ2) is 5.41. The Hall–Kier alpha value is -0.930. The summed E-state index contributed by atoms with van der Waals surface area (Å²) >= 11 is 5.45. The summed E-state index contributed by atoms with van der Waals surface area (Å²) in [5.41, 5.74) is 6.89. The zero-order valence-electron chi connectivity index (χ0n) is 9.06. The Kier molecular flexibility index (Phi) is 4.44. The van der Waals surface area contributed by atoms with Crippen molar-refractivity contribution in [1.82, 2.24) is 0 Å². The third-order valence-electron chi connectivity index (χ3n) is 2.32. The minimum Gasteiger partial charge on any atom is -0.324 e. The zero-order chi connectivity index (χ0) is 12.3. The van der Waals surface area contributed by atoms with Gasteiger partial charge >= 0.3 is 0 Å². The molecular formula is C12H14ClF2N. The highest BCUT2D eigenvalue weighted by molar-refractivity contribution is 6.30. The number of rotatable bonds is 4. The molecule has 0 spiro atoms. The van der Waals surface area contributed by atoms with E-state index in [4.69, 9.17) is 17.3 Å². The van der Waals surface area contributed by atoms with Crippen molar-refractivity contribution in [2.24, 2.45) is 5.73 Å². The summed E-state index contributed by atoms with van der Waals surface area (Å²) < 4.78 is 26.6. The van der Waals surface area contributed by atoms with E-state index in [-0.39, 0.29) is 10.6 Å². The average molecular weight is 246 g/mol.